The number of nitrogens with two attached hydrogens (primary N) is 1. The predicted molar refractivity (Wildman–Crippen MR) is 46.3 cm³/mol. The number of carbonyl (C=O) groups is 1. The van der Waals surface area contributed by atoms with Gasteiger partial charge in [-0.2, -0.15) is 13.2 Å². The van der Waals surface area contributed by atoms with Gasteiger partial charge in [-0.25, -0.2) is 0 Å². The summed E-state index contributed by atoms with van der Waals surface area (Å²) < 4.78 is 36.8. The fraction of sp³-hybridized carbons (Fsp3) is 0.125. The maximum atomic E-state index is 12.3. The highest BCUT2D eigenvalue weighted by atomic mass is 35.5. The molecule has 0 saturated heterocycles. The monoisotopic (exact) mass is 223 g/mol. The van der Waals surface area contributed by atoms with Crippen molar-refractivity contribution < 1.29 is 18.0 Å². The highest BCUT2D eigenvalue weighted by Crippen LogP contribution is 2.35. The van der Waals surface area contributed by atoms with Crippen LogP contribution in [0.1, 0.15) is 15.9 Å². The van der Waals surface area contributed by atoms with Crippen molar-refractivity contribution in [3.63, 3.8) is 0 Å². The molecule has 1 rings (SSSR count). The Bertz CT molecular complexity index is 376. The number of hydrogen-bond donors (Lipinski definition) is 1. The Morgan fingerprint density at radius 3 is 2.36 bits per heavy atom. The Morgan fingerprint density at radius 1 is 1.36 bits per heavy atom. The van der Waals surface area contributed by atoms with Crippen molar-refractivity contribution >= 4 is 23.6 Å². The van der Waals surface area contributed by atoms with Crippen molar-refractivity contribution in [3.05, 3.63) is 28.3 Å². The molecule has 1 aromatic rings. The normalized spacial score (nSPS) is 11.4. The van der Waals surface area contributed by atoms with E-state index in [0.29, 0.717) is 6.07 Å². The van der Waals surface area contributed by atoms with Crippen LogP contribution in [0.25, 0.3) is 0 Å². The second-order valence-electron chi connectivity index (χ2n) is 2.58. The van der Waals surface area contributed by atoms with Crippen LogP contribution in [0.15, 0.2) is 12.1 Å². The Hall–Kier alpha value is -1.23. The molecule has 0 fully saturated rings. The topological polar surface area (TPSA) is 43.1 Å². The van der Waals surface area contributed by atoms with E-state index in [-0.39, 0.29) is 16.9 Å². The number of halogens is 4. The van der Waals surface area contributed by atoms with Crippen molar-refractivity contribution in [3.8, 4) is 0 Å². The minimum atomic E-state index is -4.58. The first-order valence-electron chi connectivity index (χ1n) is 3.47. The summed E-state index contributed by atoms with van der Waals surface area (Å²) in [6.07, 6.45) is -4.33. The van der Waals surface area contributed by atoms with Crippen molar-refractivity contribution in [2.75, 3.05) is 5.73 Å². The molecule has 76 valence electrons. The molecule has 6 heteroatoms. The van der Waals surface area contributed by atoms with E-state index in [2.05, 4.69) is 0 Å². The molecule has 0 heterocycles. The highest BCUT2D eigenvalue weighted by molar-refractivity contribution is 6.33. The second kappa shape index (κ2) is 3.49. The summed E-state index contributed by atoms with van der Waals surface area (Å²) in [5.74, 6) is 0. The average Bonchev–Trinajstić information content (AvgIpc) is 2.02. The van der Waals surface area contributed by atoms with Crippen LogP contribution in [-0.2, 0) is 6.18 Å². The van der Waals surface area contributed by atoms with E-state index in [1.165, 1.54) is 0 Å². The minimum absolute atomic E-state index is 0.0921. The van der Waals surface area contributed by atoms with Gasteiger partial charge in [0.2, 0.25) is 0 Å². The molecule has 2 nitrogen and oxygen atoms in total. The molecule has 0 aliphatic carbocycles. The van der Waals surface area contributed by atoms with Gasteiger partial charge in [0.25, 0.3) is 0 Å². The van der Waals surface area contributed by atoms with Crippen molar-refractivity contribution in [2.45, 2.75) is 6.18 Å². The van der Waals surface area contributed by atoms with Crippen LogP contribution in [0.4, 0.5) is 18.9 Å². The lowest BCUT2D eigenvalue weighted by molar-refractivity contribution is -0.136. The first-order valence-corrected chi connectivity index (χ1v) is 3.85. The lowest BCUT2D eigenvalue weighted by Crippen LogP contribution is -2.09. The zero-order chi connectivity index (χ0) is 10.9. The number of aldehydes is 1. The molecule has 1 aromatic carbocycles. The fourth-order valence-corrected chi connectivity index (χ4v) is 1.16. The lowest BCUT2D eigenvalue weighted by atomic mass is 10.1. The summed E-state index contributed by atoms with van der Waals surface area (Å²) in [7, 11) is 0. The van der Waals surface area contributed by atoms with Gasteiger partial charge in [0.1, 0.15) is 0 Å². The van der Waals surface area contributed by atoms with Crippen LogP contribution in [0.5, 0.6) is 0 Å². The Balaban J connectivity index is 3.39. The molecular weight excluding hydrogens is 219 g/mol. The van der Waals surface area contributed by atoms with Crippen LogP contribution >= 0.6 is 11.6 Å². The first-order chi connectivity index (χ1) is 6.36. The van der Waals surface area contributed by atoms with Crippen molar-refractivity contribution in [1.29, 1.82) is 0 Å². The van der Waals surface area contributed by atoms with Gasteiger partial charge in [0.05, 0.1) is 10.6 Å². The Morgan fingerprint density at radius 2 is 1.93 bits per heavy atom. The van der Waals surface area contributed by atoms with Gasteiger partial charge in [0.15, 0.2) is 6.29 Å². The summed E-state index contributed by atoms with van der Waals surface area (Å²) in [6.45, 7) is 0. The van der Waals surface area contributed by atoms with E-state index in [9.17, 15) is 18.0 Å². The van der Waals surface area contributed by atoms with Gasteiger partial charge in [-0.1, -0.05) is 11.6 Å². The van der Waals surface area contributed by atoms with E-state index in [0.717, 1.165) is 6.07 Å². The molecule has 0 bridgehead atoms. The summed E-state index contributed by atoms with van der Waals surface area (Å²) in [5.41, 5.74) is 3.34. The SMILES string of the molecule is Nc1cc(Cl)c(C=O)cc1C(F)(F)F. The molecule has 0 spiro atoms. The third-order valence-electron chi connectivity index (χ3n) is 1.60. The molecule has 0 aliphatic rings. The fourth-order valence-electron chi connectivity index (χ4n) is 0.941. The third kappa shape index (κ3) is 1.98. The van der Waals surface area contributed by atoms with Gasteiger partial charge < -0.3 is 5.73 Å². The number of hydrogen-bond acceptors (Lipinski definition) is 2. The molecule has 2 N–H and O–H groups in total. The quantitative estimate of drug-likeness (QED) is 0.588. The van der Waals surface area contributed by atoms with Gasteiger partial charge >= 0.3 is 6.18 Å². The third-order valence-corrected chi connectivity index (χ3v) is 1.93. The number of benzene rings is 1. The number of rotatable bonds is 1. The molecule has 0 radical (unpaired) electrons. The highest BCUT2D eigenvalue weighted by Gasteiger charge is 2.33. The first kappa shape index (κ1) is 10.8. The molecule has 0 atom stereocenters. The summed E-state index contributed by atoms with van der Waals surface area (Å²) in [5, 5.41) is -0.0921. The molecule has 0 saturated carbocycles. The molecule has 14 heavy (non-hydrogen) atoms. The van der Waals surface area contributed by atoms with Gasteiger partial charge in [-0.05, 0) is 12.1 Å². The smallest absolute Gasteiger partial charge is 0.398 e. The summed E-state index contributed by atoms with van der Waals surface area (Å²) >= 11 is 5.47. The maximum absolute atomic E-state index is 12.3. The number of alkyl halides is 3. The largest absolute Gasteiger partial charge is 0.418 e. The molecule has 0 amide bonds. The number of nitrogen functional groups attached to an aromatic ring is 1. The molecule has 0 aromatic heterocycles. The van der Waals surface area contributed by atoms with Gasteiger partial charge in [0, 0.05) is 11.3 Å². The zero-order valence-corrected chi connectivity index (χ0v) is 7.49. The van der Waals surface area contributed by atoms with Crippen LogP contribution < -0.4 is 5.73 Å². The lowest BCUT2D eigenvalue weighted by Gasteiger charge is -2.10. The van der Waals surface area contributed by atoms with Crippen LogP contribution in [-0.4, -0.2) is 6.29 Å². The van der Waals surface area contributed by atoms with Gasteiger partial charge in [-0.3, -0.25) is 4.79 Å². The number of carbonyl (C=O) groups excluding carboxylic acids is 1. The maximum Gasteiger partial charge on any atom is 0.418 e. The zero-order valence-electron chi connectivity index (χ0n) is 6.73. The Kier molecular flexibility index (Phi) is 2.71. The minimum Gasteiger partial charge on any atom is -0.398 e. The Labute approximate surface area is 82.5 Å². The molecule has 0 unspecified atom stereocenters. The summed E-state index contributed by atoms with van der Waals surface area (Å²) in [6, 6.07) is 1.54. The van der Waals surface area contributed by atoms with Crippen LogP contribution in [0, 0.1) is 0 Å². The molecular formula is C8H5ClF3NO. The van der Waals surface area contributed by atoms with Crippen molar-refractivity contribution in [1.82, 2.24) is 0 Å². The van der Waals surface area contributed by atoms with Crippen LogP contribution in [0.2, 0.25) is 5.02 Å². The average molecular weight is 224 g/mol. The van der Waals surface area contributed by atoms with E-state index in [1.807, 2.05) is 0 Å². The van der Waals surface area contributed by atoms with Crippen molar-refractivity contribution in [2.24, 2.45) is 0 Å². The second-order valence-corrected chi connectivity index (χ2v) is 2.98. The standard InChI is InChI=1S/C8H5ClF3NO/c9-6-2-7(13)5(8(10,11)12)1-4(6)3-14/h1-3H,13H2. The number of anilines is 1. The van der Waals surface area contributed by atoms with E-state index < -0.39 is 17.4 Å². The summed E-state index contributed by atoms with van der Waals surface area (Å²) in [4.78, 5) is 10.3. The van der Waals surface area contributed by atoms with E-state index in [4.69, 9.17) is 17.3 Å². The van der Waals surface area contributed by atoms with E-state index in [1.54, 1.807) is 0 Å². The molecule has 0 aliphatic heterocycles. The predicted octanol–water partition coefficient (Wildman–Crippen LogP) is 2.75. The van der Waals surface area contributed by atoms with Gasteiger partial charge in [-0.15, -0.1) is 0 Å². The van der Waals surface area contributed by atoms with E-state index >= 15 is 0 Å². The van der Waals surface area contributed by atoms with Crippen LogP contribution in [0.3, 0.4) is 0 Å².